The molecule has 1 N–H and O–H groups in total. The molecule has 0 bridgehead atoms. The Morgan fingerprint density at radius 3 is 2.35 bits per heavy atom. The van der Waals surface area contributed by atoms with Crippen molar-refractivity contribution >= 4 is 32.4 Å². The summed E-state index contributed by atoms with van der Waals surface area (Å²) >= 11 is 0. The summed E-state index contributed by atoms with van der Waals surface area (Å²) in [6.45, 7) is 0. The summed E-state index contributed by atoms with van der Waals surface area (Å²) < 4.78 is 30.0. The van der Waals surface area contributed by atoms with Crippen LogP contribution in [0.1, 0.15) is 0 Å². The number of nitro groups is 1. The van der Waals surface area contributed by atoms with Gasteiger partial charge in [0.15, 0.2) is 0 Å². The number of aromatic nitrogens is 4. The van der Waals surface area contributed by atoms with Gasteiger partial charge in [0.2, 0.25) is 0 Å². The first-order valence-corrected chi connectivity index (χ1v) is 13.8. The first-order chi connectivity index (χ1) is 19.3. The minimum atomic E-state index is -3.77. The molecule has 10 nitrogen and oxygen atoms in total. The number of anilines is 1. The van der Waals surface area contributed by atoms with Crippen LogP contribution in [0.25, 0.3) is 50.6 Å². The Bertz CT molecular complexity index is 2070. The van der Waals surface area contributed by atoms with Crippen molar-refractivity contribution in [1.82, 2.24) is 19.7 Å². The van der Waals surface area contributed by atoms with E-state index in [9.17, 15) is 18.5 Å². The predicted molar refractivity (Wildman–Crippen MR) is 152 cm³/mol. The molecule has 6 aromatic rings. The number of sulfonamides is 1. The number of rotatable bonds is 4. The quantitative estimate of drug-likeness (QED) is 0.219. The Kier molecular flexibility index (Phi) is 5.12. The number of hydrogen-bond acceptors (Lipinski definition) is 6. The Morgan fingerprint density at radius 2 is 1.60 bits per heavy atom. The highest BCUT2D eigenvalue weighted by Crippen LogP contribution is 2.47. The van der Waals surface area contributed by atoms with Crippen LogP contribution >= 0.6 is 0 Å². The fourth-order valence-electron chi connectivity index (χ4n) is 5.09. The predicted octanol–water partition coefficient (Wildman–Crippen LogP) is 5.80. The molecule has 11 heteroatoms. The molecule has 0 amide bonds. The monoisotopic (exact) mass is 548 g/mol. The fraction of sp³-hybridized carbons (Fsp3) is 0.0345. The number of nitrogens with one attached hydrogen (secondary N) is 1. The average molecular weight is 549 g/mol. The molecule has 0 spiro atoms. The van der Waals surface area contributed by atoms with Crippen LogP contribution in [0.5, 0.6) is 0 Å². The molecule has 7 rings (SSSR count). The van der Waals surface area contributed by atoms with Gasteiger partial charge < -0.3 is 4.98 Å². The van der Waals surface area contributed by atoms with Gasteiger partial charge in [0, 0.05) is 35.9 Å². The van der Waals surface area contributed by atoms with E-state index in [0.29, 0.717) is 39.5 Å². The smallest absolute Gasteiger partial charge is 0.271 e. The van der Waals surface area contributed by atoms with E-state index in [2.05, 4.69) is 9.97 Å². The van der Waals surface area contributed by atoms with E-state index < -0.39 is 14.9 Å². The van der Waals surface area contributed by atoms with Gasteiger partial charge in [0.05, 0.1) is 32.2 Å². The summed E-state index contributed by atoms with van der Waals surface area (Å²) in [5.41, 5.74) is 5.81. The van der Waals surface area contributed by atoms with Crippen LogP contribution in [-0.2, 0) is 10.0 Å². The lowest BCUT2D eigenvalue weighted by molar-refractivity contribution is -0.384. The highest BCUT2D eigenvalue weighted by Gasteiger charge is 2.38. The number of hydrogen-bond donors (Lipinski definition) is 1. The number of benzene rings is 4. The van der Waals surface area contributed by atoms with Gasteiger partial charge in [-0.25, -0.2) is 18.1 Å². The van der Waals surface area contributed by atoms with Crippen LogP contribution in [0.3, 0.4) is 0 Å². The van der Waals surface area contributed by atoms with E-state index in [0.717, 1.165) is 16.8 Å². The first kappa shape index (κ1) is 23.8. The largest absolute Gasteiger partial charge is 0.338 e. The summed E-state index contributed by atoms with van der Waals surface area (Å²) in [6, 6.07) is 28.5. The zero-order valence-corrected chi connectivity index (χ0v) is 21.8. The molecule has 0 atom stereocenters. The molecule has 2 aromatic heterocycles. The third kappa shape index (κ3) is 3.52. The molecule has 3 heterocycles. The van der Waals surface area contributed by atoms with E-state index in [1.54, 1.807) is 42.1 Å². The summed E-state index contributed by atoms with van der Waals surface area (Å²) in [4.78, 5) is 18.7. The Morgan fingerprint density at radius 1 is 0.875 bits per heavy atom. The topological polar surface area (TPSA) is 127 Å². The summed E-state index contributed by atoms with van der Waals surface area (Å²) in [7, 11) is -2.22. The average Bonchev–Trinajstić information content (AvgIpc) is 3.59. The number of non-ortho nitro benzene ring substituents is 1. The van der Waals surface area contributed by atoms with Crippen molar-refractivity contribution in [3.63, 3.8) is 0 Å². The van der Waals surface area contributed by atoms with E-state index >= 15 is 0 Å². The molecule has 0 saturated carbocycles. The van der Waals surface area contributed by atoms with Crippen LogP contribution in [0, 0.1) is 10.1 Å². The highest BCUT2D eigenvalue weighted by atomic mass is 32.2. The van der Waals surface area contributed by atoms with Crippen LogP contribution in [0.15, 0.2) is 102 Å². The van der Waals surface area contributed by atoms with Gasteiger partial charge in [0.25, 0.3) is 15.7 Å². The van der Waals surface area contributed by atoms with Crippen molar-refractivity contribution in [2.24, 2.45) is 0 Å². The van der Waals surface area contributed by atoms with Crippen molar-refractivity contribution in [1.29, 1.82) is 0 Å². The third-order valence-corrected chi connectivity index (χ3v) is 8.88. The van der Waals surface area contributed by atoms with Crippen molar-refractivity contribution in [3.05, 3.63) is 107 Å². The lowest BCUT2D eigenvalue weighted by Gasteiger charge is -2.26. The molecule has 0 radical (unpaired) electrons. The lowest BCUT2D eigenvalue weighted by atomic mass is 10.1. The molecule has 0 saturated heterocycles. The molecule has 0 aliphatic carbocycles. The van der Waals surface area contributed by atoms with E-state index in [1.165, 1.54) is 16.4 Å². The van der Waals surface area contributed by atoms with Crippen molar-refractivity contribution < 1.29 is 13.3 Å². The van der Waals surface area contributed by atoms with Crippen LogP contribution in [-0.4, -0.2) is 40.1 Å². The van der Waals surface area contributed by atoms with E-state index in [-0.39, 0.29) is 10.6 Å². The molecule has 1 aliphatic heterocycles. The number of nitro benzene ring substituents is 1. The zero-order valence-electron chi connectivity index (χ0n) is 21.0. The zero-order chi connectivity index (χ0) is 27.6. The van der Waals surface area contributed by atoms with E-state index in [1.807, 2.05) is 54.6 Å². The second kappa shape index (κ2) is 8.61. The molecule has 1 aliphatic rings. The highest BCUT2D eigenvalue weighted by molar-refractivity contribution is 7.93. The normalized spacial score (nSPS) is 13.7. The maximum atomic E-state index is 13.5. The van der Waals surface area contributed by atoms with Crippen LogP contribution in [0.2, 0.25) is 0 Å². The van der Waals surface area contributed by atoms with Gasteiger partial charge in [-0.1, -0.05) is 48.5 Å². The van der Waals surface area contributed by atoms with Gasteiger partial charge in [-0.3, -0.25) is 14.4 Å². The van der Waals surface area contributed by atoms with Gasteiger partial charge in [-0.15, -0.1) is 0 Å². The van der Waals surface area contributed by atoms with Crippen molar-refractivity contribution in [2.45, 2.75) is 4.90 Å². The van der Waals surface area contributed by atoms with Crippen LogP contribution < -0.4 is 4.31 Å². The molecule has 0 fully saturated rings. The Labute approximate surface area is 228 Å². The van der Waals surface area contributed by atoms with Gasteiger partial charge in [0.1, 0.15) is 17.2 Å². The van der Waals surface area contributed by atoms with E-state index in [4.69, 9.17) is 5.10 Å². The fourth-order valence-corrected chi connectivity index (χ4v) is 6.50. The summed E-state index contributed by atoms with van der Waals surface area (Å²) in [5, 5.41) is 16.1. The minimum Gasteiger partial charge on any atom is -0.338 e. The summed E-state index contributed by atoms with van der Waals surface area (Å²) in [6.07, 6.45) is 0. The number of aromatic amines is 1. The van der Waals surface area contributed by atoms with Gasteiger partial charge in [-0.05, 0) is 36.4 Å². The summed E-state index contributed by atoms with van der Waals surface area (Å²) in [5.74, 6) is 0.574. The molecule has 40 heavy (non-hydrogen) atoms. The SMILES string of the molecule is CN1c2c(nn(-c3ccc(-c4nc5ccc([N+](=O)[O-])cc5[nH]4)cc3)c2-c2ccccc2)-c2ccccc2S1(=O)=O. The van der Waals surface area contributed by atoms with Gasteiger partial charge in [-0.2, -0.15) is 5.10 Å². The first-order valence-electron chi connectivity index (χ1n) is 12.3. The van der Waals surface area contributed by atoms with Crippen molar-refractivity contribution in [2.75, 3.05) is 11.4 Å². The Balaban J connectivity index is 1.39. The maximum Gasteiger partial charge on any atom is 0.271 e. The number of imidazole rings is 1. The number of H-pyrrole nitrogens is 1. The van der Waals surface area contributed by atoms with Crippen molar-refractivity contribution in [3.8, 4) is 39.6 Å². The second-order valence-corrected chi connectivity index (χ2v) is 11.3. The van der Waals surface area contributed by atoms with Gasteiger partial charge >= 0.3 is 0 Å². The molecule has 196 valence electrons. The van der Waals surface area contributed by atoms with Crippen LogP contribution in [0.4, 0.5) is 11.4 Å². The second-order valence-electron chi connectivity index (χ2n) is 9.38. The lowest BCUT2D eigenvalue weighted by Crippen LogP contribution is -2.30. The third-order valence-electron chi connectivity index (χ3n) is 7.06. The maximum absolute atomic E-state index is 13.5. The Hall–Kier alpha value is -5.29. The number of nitrogens with zero attached hydrogens (tertiary/aromatic N) is 5. The standard InChI is InChI=1S/C29H20N6O4S/c1-33-28-26(22-9-5-6-10-25(22)40(33,38)39)32-34(27(28)18-7-3-2-4-8-18)20-13-11-19(12-14-20)29-30-23-16-15-21(35(36)37)17-24(23)31-29/h2-17H,1H3,(H,30,31). The molecular formula is C29H20N6O4S. The number of fused-ring (bicyclic) bond motifs is 4. The molecular weight excluding hydrogens is 528 g/mol. The molecule has 4 aromatic carbocycles. The minimum absolute atomic E-state index is 0.0114. The molecule has 0 unspecified atom stereocenters.